The van der Waals surface area contributed by atoms with Gasteiger partial charge in [0.15, 0.2) is 0 Å². The van der Waals surface area contributed by atoms with E-state index in [4.69, 9.17) is 9.97 Å². The molecule has 0 N–H and O–H groups in total. The predicted octanol–water partition coefficient (Wildman–Crippen LogP) is 11.9. The van der Waals surface area contributed by atoms with Gasteiger partial charge < -0.3 is 0 Å². The van der Waals surface area contributed by atoms with E-state index in [1.807, 2.05) is 54.9 Å². The number of allylic oxidation sites excluding steroid dienone is 4. The predicted molar refractivity (Wildman–Crippen MR) is 208 cm³/mol. The van der Waals surface area contributed by atoms with Crippen molar-refractivity contribution in [2.45, 2.75) is 19.3 Å². The molecule has 50 heavy (non-hydrogen) atoms. The maximum Gasteiger partial charge on any atom is 0.235 e. The first-order chi connectivity index (χ1) is 24.5. The normalized spacial score (nSPS) is 13.8. The fourth-order valence-corrected chi connectivity index (χ4v) is 7.95. The van der Waals surface area contributed by atoms with Crippen molar-refractivity contribution < 1.29 is 0 Å². The zero-order valence-corrected chi connectivity index (χ0v) is 28.1. The van der Waals surface area contributed by atoms with Gasteiger partial charge in [0.05, 0.1) is 22.8 Å². The van der Waals surface area contributed by atoms with E-state index in [-0.39, 0.29) is 5.41 Å². The maximum atomic E-state index is 5.38. The molecular formula is C46H34N4. The SMILES string of the molecule is C=C/C=C(\C=C)c1cc(-c2ccccc2)nc(N2c3c(ccc4c3-c3ccccc3C4(C)C)-c3ccc(-c4cccnc4)c4cccc2c34)n1. The standard InChI is InChI=1S/C46H34N4/c1-5-14-29(6-2)39-27-40(30-15-8-7-9-16-30)49-45(48-39)50-41-21-12-19-33-32(31-17-13-26-47-28-31)22-23-34(42(33)41)35-24-25-38-43(44(35)50)36-18-10-11-20-37(36)46(38,3)4/h5-28H,1-2H2,3-4H3/b29-14+. The van der Waals surface area contributed by atoms with Crippen LogP contribution in [0.3, 0.4) is 0 Å². The molecular weight excluding hydrogens is 609 g/mol. The van der Waals surface area contributed by atoms with E-state index in [1.165, 1.54) is 27.8 Å². The summed E-state index contributed by atoms with van der Waals surface area (Å²) in [5.74, 6) is 0.597. The minimum absolute atomic E-state index is 0.177. The number of aromatic nitrogens is 3. The average molecular weight is 643 g/mol. The number of benzene rings is 5. The van der Waals surface area contributed by atoms with Crippen molar-refractivity contribution in [1.82, 2.24) is 15.0 Å². The molecule has 3 heterocycles. The van der Waals surface area contributed by atoms with E-state index in [1.54, 1.807) is 6.08 Å². The summed E-state index contributed by atoms with van der Waals surface area (Å²) in [6.45, 7) is 12.8. The highest BCUT2D eigenvalue weighted by Gasteiger charge is 2.41. The van der Waals surface area contributed by atoms with Crippen LogP contribution in [0.25, 0.3) is 61.0 Å². The molecule has 0 unspecified atom stereocenters. The summed E-state index contributed by atoms with van der Waals surface area (Å²) in [5, 5.41) is 2.32. The van der Waals surface area contributed by atoms with Crippen LogP contribution in [0.5, 0.6) is 0 Å². The molecule has 4 heteroatoms. The van der Waals surface area contributed by atoms with Crippen molar-refractivity contribution >= 4 is 33.7 Å². The third-order valence-corrected chi connectivity index (χ3v) is 10.3. The summed E-state index contributed by atoms with van der Waals surface area (Å²) >= 11 is 0. The summed E-state index contributed by atoms with van der Waals surface area (Å²) in [4.78, 5) is 17.5. The van der Waals surface area contributed by atoms with Crippen molar-refractivity contribution in [3.8, 4) is 44.6 Å². The Labute approximate surface area is 292 Å². The molecule has 0 radical (unpaired) electrons. The fraction of sp³-hybridized carbons (Fsp3) is 0.0652. The Morgan fingerprint density at radius 3 is 2.28 bits per heavy atom. The van der Waals surface area contributed by atoms with E-state index in [0.29, 0.717) is 5.95 Å². The van der Waals surface area contributed by atoms with Crippen molar-refractivity contribution in [3.63, 3.8) is 0 Å². The van der Waals surface area contributed by atoms with Crippen LogP contribution in [-0.2, 0) is 5.41 Å². The minimum atomic E-state index is -0.177. The first kappa shape index (κ1) is 29.7. The van der Waals surface area contributed by atoms with Crippen molar-refractivity contribution in [2.75, 3.05) is 4.90 Å². The molecule has 5 aromatic carbocycles. The van der Waals surface area contributed by atoms with Gasteiger partial charge in [-0.3, -0.25) is 9.88 Å². The lowest BCUT2D eigenvalue weighted by molar-refractivity contribution is 0.660. The second kappa shape index (κ2) is 11.4. The number of fused-ring (bicyclic) bond motifs is 6. The first-order valence-corrected chi connectivity index (χ1v) is 16.9. The van der Waals surface area contributed by atoms with E-state index < -0.39 is 0 Å². The largest absolute Gasteiger partial charge is 0.277 e. The van der Waals surface area contributed by atoms with Crippen molar-refractivity contribution in [3.05, 3.63) is 176 Å². The summed E-state index contributed by atoms with van der Waals surface area (Å²) in [5.41, 5.74) is 15.1. The second-order valence-corrected chi connectivity index (χ2v) is 13.4. The lowest BCUT2D eigenvalue weighted by Crippen LogP contribution is -2.20. The fourth-order valence-electron chi connectivity index (χ4n) is 7.95. The monoisotopic (exact) mass is 642 g/mol. The van der Waals surface area contributed by atoms with Gasteiger partial charge in [0.2, 0.25) is 5.95 Å². The summed E-state index contributed by atoms with van der Waals surface area (Å²) in [6, 6.07) is 41.0. The van der Waals surface area contributed by atoms with Crippen molar-refractivity contribution in [1.29, 1.82) is 0 Å². The number of hydrogen-bond donors (Lipinski definition) is 0. The van der Waals surface area contributed by atoms with Crippen LogP contribution in [-0.4, -0.2) is 15.0 Å². The molecule has 0 saturated heterocycles. The maximum absolute atomic E-state index is 5.38. The van der Waals surface area contributed by atoms with Crippen LogP contribution in [0.15, 0.2) is 159 Å². The molecule has 9 rings (SSSR count). The topological polar surface area (TPSA) is 41.9 Å². The summed E-state index contributed by atoms with van der Waals surface area (Å²) in [7, 11) is 0. The van der Waals surface area contributed by atoms with Crippen LogP contribution >= 0.6 is 0 Å². The van der Waals surface area contributed by atoms with E-state index in [9.17, 15) is 0 Å². The minimum Gasteiger partial charge on any atom is -0.277 e. The quantitative estimate of drug-likeness (QED) is 0.169. The zero-order valence-electron chi connectivity index (χ0n) is 28.1. The van der Waals surface area contributed by atoms with Crippen LogP contribution in [0.4, 0.5) is 17.3 Å². The zero-order chi connectivity index (χ0) is 34.0. The smallest absolute Gasteiger partial charge is 0.235 e. The highest BCUT2D eigenvalue weighted by atomic mass is 15.3. The van der Waals surface area contributed by atoms with Gasteiger partial charge in [-0.15, -0.1) is 0 Å². The summed E-state index contributed by atoms with van der Waals surface area (Å²) < 4.78 is 0. The van der Waals surface area contributed by atoms with E-state index >= 15 is 0 Å². The molecule has 238 valence electrons. The van der Waals surface area contributed by atoms with E-state index in [2.05, 4.69) is 122 Å². The van der Waals surface area contributed by atoms with Gasteiger partial charge in [-0.25, -0.2) is 9.97 Å². The van der Waals surface area contributed by atoms with Crippen LogP contribution in [0.1, 0.15) is 30.7 Å². The lowest BCUT2D eigenvalue weighted by Gasteiger charge is -2.35. The lowest BCUT2D eigenvalue weighted by atomic mass is 9.80. The van der Waals surface area contributed by atoms with Crippen molar-refractivity contribution in [2.24, 2.45) is 0 Å². The molecule has 4 nitrogen and oxygen atoms in total. The van der Waals surface area contributed by atoms with Crippen LogP contribution < -0.4 is 4.90 Å². The number of anilines is 3. The van der Waals surface area contributed by atoms with Gasteiger partial charge in [0, 0.05) is 45.4 Å². The third kappa shape index (κ3) is 4.35. The Hall–Kier alpha value is -6.39. The second-order valence-electron chi connectivity index (χ2n) is 13.4. The Balaban J connectivity index is 1.43. The van der Waals surface area contributed by atoms with Gasteiger partial charge in [0.25, 0.3) is 0 Å². The van der Waals surface area contributed by atoms with Gasteiger partial charge in [-0.05, 0) is 57.0 Å². The van der Waals surface area contributed by atoms with Crippen LogP contribution in [0.2, 0.25) is 0 Å². The molecule has 0 bridgehead atoms. The van der Waals surface area contributed by atoms with Crippen LogP contribution in [0, 0.1) is 0 Å². The molecule has 1 aliphatic heterocycles. The molecule has 0 amide bonds. The Kier molecular flexibility index (Phi) is 6.75. The molecule has 0 saturated carbocycles. The van der Waals surface area contributed by atoms with Gasteiger partial charge >= 0.3 is 0 Å². The number of pyridine rings is 1. The summed E-state index contributed by atoms with van der Waals surface area (Å²) in [6.07, 6.45) is 9.32. The third-order valence-electron chi connectivity index (χ3n) is 10.3. The molecule has 2 aliphatic rings. The number of hydrogen-bond acceptors (Lipinski definition) is 4. The van der Waals surface area contributed by atoms with E-state index in [0.717, 1.165) is 61.4 Å². The highest BCUT2D eigenvalue weighted by Crippen LogP contribution is 2.60. The first-order valence-electron chi connectivity index (χ1n) is 16.9. The van der Waals surface area contributed by atoms with Gasteiger partial charge in [-0.1, -0.05) is 142 Å². The average Bonchev–Trinajstić information content (AvgIpc) is 3.40. The number of rotatable bonds is 6. The molecule has 0 spiro atoms. The molecule has 1 aliphatic carbocycles. The Morgan fingerprint density at radius 2 is 1.48 bits per heavy atom. The number of nitrogens with zero attached hydrogens (tertiary/aromatic N) is 4. The Bertz CT molecular complexity index is 2540. The van der Waals surface area contributed by atoms with Gasteiger partial charge in [-0.2, -0.15) is 0 Å². The Morgan fingerprint density at radius 1 is 0.700 bits per heavy atom. The van der Waals surface area contributed by atoms with Gasteiger partial charge in [0.1, 0.15) is 0 Å². The molecule has 0 atom stereocenters. The molecule has 0 fully saturated rings. The molecule has 2 aromatic heterocycles. The molecule has 7 aromatic rings. The highest BCUT2D eigenvalue weighted by molar-refractivity contribution is 6.19.